The monoisotopic (exact) mass is 332 g/mol. The Morgan fingerprint density at radius 1 is 1.33 bits per heavy atom. The summed E-state index contributed by atoms with van der Waals surface area (Å²) in [6.07, 6.45) is 1.13. The van der Waals surface area contributed by atoms with Crippen LogP contribution in [0.2, 0.25) is 0 Å². The van der Waals surface area contributed by atoms with E-state index < -0.39 is 0 Å². The van der Waals surface area contributed by atoms with Gasteiger partial charge in [-0.25, -0.2) is 0 Å². The Morgan fingerprint density at radius 3 is 2.67 bits per heavy atom. The number of carbonyl (C=O) groups is 2. The number of nitrogens with zero attached hydrogens (tertiary/aromatic N) is 2. The molecule has 1 aliphatic heterocycles. The molecule has 2 amide bonds. The first-order valence-electron chi connectivity index (χ1n) is 8.64. The number of amides is 2. The van der Waals surface area contributed by atoms with Gasteiger partial charge in [-0.05, 0) is 25.8 Å². The average Bonchev–Trinajstić information content (AvgIpc) is 2.94. The van der Waals surface area contributed by atoms with Crippen molar-refractivity contribution >= 4 is 11.8 Å². The van der Waals surface area contributed by atoms with E-state index in [9.17, 15) is 9.59 Å². The average molecular weight is 332 g/mol. The van der Waals surface area contributed by atoms with Crippen LogP contribution in [0.1, 0.15) is 32.3 Å². The van der Waals surface area contributed by atoms with Crippen molar-refractivity contribution in [3.63, 3.8) is 0 Å². The molecule has 0 spiro atoms. The van der Waals surface area contributed by atoms with Crippen LogP contribution in [0.3, 0.4) is 0 Å². The van der Waals surface area contributed by atoms with Crippen molar-refractivity contribution in [1.29, 1.82) is 0 Å². The highest BCUT2D eigenvalue weighted by Gasteiger charge is 2.36. The topological polar surface area (TPSA) is 49.9 Å². The zero-order valence-corrected chi connectivity index (χ0v) is 14.9. The van der Waals surface area contributed by atoms with Gasteiger partial charge in [0.25, 0.3) is 0 Å². The third-order valence-electron chi connectivity index (χ3n) is 4.44. The van der Waals surface area contributed by atoms with Gasteiger partial charge in [-0.1, -0.05) is 30.3 Å². The van der Waals surface area contributed by atoms with Gasteiger partial charge in [0.15, 0.2) is 0 Å². The van der Waals surface area contributed by atoms with Crippen LogP contribution >= 0.6 is 0 Å². The molecule has 1 fully saturated rings. The van der Waals surface area contributed by atoms with Crippen LogP contribution in [0.4, 0.5) is 0 Å². The minimum atomic E-state index is -0.230. The second kappa shape index (κ2) is 8.83. The van der Waals surface area contributed by atoms with Gasteiger partial charge in [-0.2, -0.15) is 0 Å². The number of benzene rings is 1. The van der Waals surface area contributed by atoms with Gasteiger partial charge in [0, 0.05) is 45.8 Å². The van der Waals surface area contributed by atoms with Crippen LogP contribution in [0.25, 0.3) is 0 Å². The van der Waals surface area contributed by atoms with Gasteiger partial charge in [0.2, 0.25) is 11.8 Å². The van der Waals surface area contributed by atoms with Crippen molar-refractivity contribution in [3.05, 3.63) is 35.9 Å². The van der Waals surface area contributed by atoms with E-state index in [0.29, 0.717) is 32.7 Å². The van der Waals surface area contributed by atoms with Crippen molar-refractivity contribution in [2.24, 2.45) is 5.92 Å². The molecule has 5 nitrogen and oxygen atoms in total. The molecular weight excluding hydrogens is 304 g/mol. The zero-order chi connectivity index (χ0) is 17.5. The Kier molecular flexibility index (Phi) is 6.79. The molecule has 1 aliphatic rings. The molecule has 0 aromatic heterocycles. The lowest BCUT2D eigenvalue weighted by Crippen LogP contribution is -2.41. The Balaban J connectivity index is 1.98. The molecule has 1 saturated heterocycles. The Bertz CT molecular complexity index is 545. The number of methoxy groups -OCH3 is 1. The molecule has 1 aromatic carbocycles. The van der Waals surface area contributed by atoms with Crippen molar-refractivity contribution in [2.45, 2.75) is 39.3 Å². The molecule has 2 rings (SSSR count). The molecule has 0 N–H and O–H groups in total. The highest BCUT2D eigenvalue weighted by atomic mass is 16.5. The fourth-order valence-electron chi connectivity index (χ4n) is 3.08. The molecule has 24 heavy (non-hydrogen) atoms. The third-order valence-corrected chi connectivity index (χ3v) is 4.44. The van der Waals surface area contributed by atoms with Gasteiger partial charge in [-0.15, -0.1) is 0 Å². The highest BCUT2D eigenvalue weighted by molar-refractivity contribution is 5.89. The van der Waals surface area contributed by atoms with E-state index in [4.69, 9.17) is 4.74 Å². The maximum Gasteiger partial charge on any atom is 0.228 e. The van der Waals surface area contributed by atoms with Crippen molar-refractivity contribution < 1.29 is 14.3 Å². The van der Waals surface area contributed by atoms with E-state index in [2.05, 4.69) is 0 Å². The highest BCUT2D eigenvalue weighted by Crippen LogP contribution is 2.22. The van der Waals surface area contributed by atoms with Crippen LogP contribution in [0.5, 0.6) is 0 Å². The van der Waals surface area contributed by atoms with E-state index >= 15 is 0 Å². The smallest absolute Gasteiger partial charge is 0.228 e. The summed E-state index contributed by atoms with van der Waals surface area (Å²) in [5, 5.41) is 0. The SMILES string of the molecule is COCCCN1CC(C(=O)N(Cc2ccccc2)C(C)C)CC1=O. The lowest BCUT2D eigenvalue weighted by Gasteiger charge is -2.29. The van der Waals surface area contributed by atoms with E-state index in [1.54, 1.807) is 12.0 Å². The molecule has 5 heteroatoms. The van der Waals surface area contributed by atoms with Crippen LogP contribution in [0.15, 0.2) is 30.3 Å². The van der Waals surface area contributed by atoms with Crippen molar-refractivity contribution in [1.82, 2.24) is 9.80 Å². The summed E-state index contributed by atoms with van der Waals surface area (Å²) in [6.45, 7) is 6.46. The predicted octanol–water partition coefficient (Wildman–Crippen LogP) is 2.31. The molecule has 132 valence electrons. The molecule has 0 saturated carbocycles. The van der Waals surface area contributed by atoms with Gasteiger partial charge in [0.1, 0.15) is 0 Å². The molecular formula is C19H28N2O3. The van der Waals surface area contributed by atoms with Gasteiger partial charge < -0.3 is 14.5 Å². The Hall–Kier alpha value is -1.88. The van der Waals surface area contributed by atoms with Crippen LogP contribution in [-0.2, 0) is 20.9 Å². The normalized spacial score (nSPS) is 17.6. The van der Waals surface area contributed by atoms with Crippen LogP contribution in [0, 0.1) is 5.92 Å². The number of carbonyl (C=O) groups excluding carboxylic acids is 2. The number of rotatable bonds is 8. The molecule has 1 heterocycles. The standard InChI is InChI=1S/C19H28N2O3/c1-15(2)21(13-16-8-5-4-6-9-16)19(23)17-12-18(22)20(14-17)10-7-11-24-3/h4-6,8-9,15,17H,7,10-14H2,1-3H3. The Morgan fingerprint density at radius 2 is 2.04 bits per heavy atom. The number of hydrogen-bond donors (Lipinski definition) is 0. The quantitative estimate of drug-likeness (QED) is 0.687. The molecule has 0 radical (unpaired) electrons. The van der Waals surface area contributed by atoms with Gasteiger partial charge >= 0.3 is 0 Å². The number of hydrogen-bond acceptors (Lipinski definition) is 3. The summed E-state index contributed by atoms with van der Waals surface area (Å²) < 4.78 is 5.03. The van der Waals surface area contributed by atoms with E-state index in [0.717, 1.165) is 12.0 Å². The third kappa shape index (κ3) is 4.81. The second-order valence-electron chi connectivity index (χ2n) is 6.63. The fourth-order valence-corrected chi connectivity index (χ4v) is 3.08. The van der Waals surface area contributed by atoms with Crippen molar-refractivity contribution in [2.75, 3.05) is 26.8 Å². The molecule has 0 bridgehead atoms. The lowest BCUT2D eigenvalue weighted by molar-refractivity contribution is -0.138. The largest absolute Gasteiger partial charge is 0.385 e. The summed E-state index contributed by atoms with van der Waals surface area (Å²) in [7, 11) is 1.65. The number of ether oxygens (including phenoxy) is 1. The van der Waals surface area contributed by atoms with E-state index in [1.165, 1.54) is 0 Å². The summed E-state index contributed by atoms with van der Waals surface area (Å²) in [5.74, 6) is -0.0736. The first kappa shape index (κ1) is 18.5. The maximum atomic E-state index is 12.9. The summed E-state index contributed by atoms with van der Waals surface area (Å²) in [4.78, 5) is 28.8. The summed E-state index contributed by atoms with van der Waals surface area (Å²) in [6, 6.07) is 10.1. The fraction of sp³-hybridized carbons (Fsp3) is 0.579. The van der Waals surface area contributed by atoms with Crippen LogP contribution in [-0.4, -0.2) is 54.5 Å². The second-order valence-corrected chi connectivity index (χ2v) is 6.63. The maximum absolute atomic E-state index is 12.9. The number of likely N-dealkylation sites (tertiary alicyclic amines) is 1. The summed E-state index contributed by atoms with van der Waals surface area (Å²) >= 11 is 0. The predicted molar refractivity (Wildman–Crippen MR) is 93.3 cm³/mol. The van der Waals surface area contributed by atoms with E-state index in [1.807, 2.05) is 49.1 Å². The Labute approximate surface area is 144 Å². The zero-order valence-electron chi connectivity index (χ0n) is 14.9. The van der Waals surface area contributed by atoms with Gasteiger partial charge in [-0.3, -0.25) is 9.59 Å². The molecule has 1 unspecified atom stereocenters. The minimum Gasteiger partial charge on any atom is -0.385 e. The van der Waals surface area contributed by atoms with E-state index in [-0.39, 0.29) is 23.8 Å². The first-order chi connectivity index (χ1) is 11.5. The molecule has 1 atom stereocenters. The summed E-state index contributed by atoms with van der Waals surface area (Å²) in [5.41, 5.74) is 1.11. The first-order valence-corrected chi connectivity index (χ1v) is 8.64. The van der Waals surface area contributed by atoms with Crippen LogP contribution < -0.4 is 0 Å². The molecule has 0 aliphatic carbocycles. The minimum absolute atomic E-state index is 0.0767. The van der Waals surface area contributed by atoms with Crippen molar-refractivity contribution in [3.8, 4) is 0 Å². The lowest BCUT2D eigenvalue weighted by atomic mass is 10.1. The van der Waals surface area contributed by atoms with Gasteiger partial charge in [0.05, 0.1) is 5.92 Å². The molecule has 1 aromatic rings.